The van der Waals surface area contributed by atoms with Crippen LogP contribution in [0.5, 0.6) is 17.2 Å². The van der Waals surface area contributed by atoms with E-state index in [-0.39, 0.29) is 39.1 Å². The molecule has 0 amide bonds. The highest BCUT2D eigenvalue weighted by atomic mass is 16.7. The molecule has 1 aliphatic heterocycles. The fraction of sp³-hybridized carbons (Fsp3) is 0.308. The molecule has 1 fully saturated rings. The van der Waals surface area contributed by atoms with Crippen molar-refractivity contribution in [3.8, 4) is 17.2 Å². The Hall–Kier alpha value is -3.50. The smallest absolute Gasteiger partial charge is 0.229 e. The molecule has 2 aliphatic rings. The van der Waals surface area contributed by atoms with Crippen molar-refractivity contribution in [3.05, 3.63) is 64.2 Å². The summed E-state index contributed by atoms with van der Waals surface area (Å²) >= 11 is 0. The van der Waals surface area contributed by atoms with E-state index in [1.54, 1.807) is 19.9 Å². The number of benzene rings is 3. The first kappa shape index (κ1) is 23.3. The van der Waals surface area contributed by atoms with E-state index >= 15 is 0 Å². The van der Waals surface area contributed by atoms with Crippen LogP contribution >= 0.6 is 0 Å². The lowest BCUT2D eigenvalue weighted by Gasteiger charge is -2.40. The van der Waals surface area contributed by atoms with Gasteiger partial charge in [-0.2, -0.15) is 0 Å². The summed E-state index contributed by atoms with van der Waals surface area (Å²) in [6.45, 7) is 3.35. The average Bonchev–Trinajstić information content (AvgIpc) is 2.82. The van der Waals surface area contributed by atoms with Gasteiger partial charge >= 0.3 is 0 Å². The lowest BCUT2D eigenvalue weighted by molar-refractivity contribution is -0.274. The van der Waals surface area contributed by atoms with Gasteiger partial charge in [-0.05, 0) is 49.1 Å². The quantitative estimate of drug-likeness (QED) is 0.347. The first-order valence-corrected chi connectivity index (χ1v) is 11.1. The van der Waals surface area contributed by atoms with Gasteiger partial charge in [-0.25, -0.2) is 0 Å². The Kier molecular flexibility index (Phi) is 5.52. The molecule has 1 heterocycles. The summed E-state index contributed by atoms with van der Waals surface area (Å²) in [7, 11) is 1.36. The molecule has 4 N–H and O–H groups in total. The maximum Gasteiger partial charge on any atom is 0.229 e. The number of phenols is 2. The summed E-state index contributed by atoms with van der Waals surface area (Å²) in [4.78, 5) is 26.3. The normalized spacial score (nSPS) is 25.9. The number of rotatable bonds is 3. The Morgan fingerprint density at radius 1 is 0.943 bits per heavy atom. The molecule has 182 valence electrons. The number of aryl methyl sites for hydroxylation is 1. The topological polar surface area (TPSA) is 143 Å². The fourth-order valence-corrected chi connectivity index (χ4v) is 4.77. The highest BCUT2D eigenvalue weighted by Crippen LogP contribution is 2.42. The van der Waals surface area contributed by atoms with Crippen LogP contribution in [0.2, 0.25) is 0 Å². The number of phenolic OH excluding ortho intramolecular Hbond substituents is 2. The van der Waals surface area contributed by atoms with E-state index in [0.717, 1.165) is 0 Å². The molecule has 1 saturated heterocycles. The molecule has 3 aromatic rings. The van der Waals surface area contributed by atoms with Crippen LogP contribution in [0.1, 0.15) is 44.3 Å². The lowest BCUT2D eigenvalue weighted by atomic mass is 9.81. The Bertz CT molecular complexity index is 1380. The summed E-state index contributed by atoms with van der Waals surface area (Å²) in [5, 5.41) is 42.5. The van der Waals surface area contributed by atoms with Crippen molar-refractivity contribution in [2.45, 2.75) is 44.6 Å². The fourth-order valence-electron chi connectivity index (χ4n) is 4.77. The largest absolute Gasteiger partial charge is 0.507 e. The second-order valence-electron chi connectivity index (χ2n) is 8.85. The van der Waals surface area contributed by atoms with Crippen LogP contribution in [0.3, 0.4) is 0 Å². The van der Waals surface area contributed by atoms with Crippen molar-refractivity contribution < 1.29 is 44.2 Å². The molecule has 35 heavy (non-hydrogen) atoms. The minimum absolute atomic E-state index is 0.0483. The van der Waals surface area contributed by atoms with Gasteiger partial charge in [-0.1, -0.05) is 12.1 Å². The maximum atomic E-state index is 13.2. The second-order valence-corrected chi connectivity index (χ2v) is 8.85. The number of fused-ring (bicyclic) bond motifs is 3. The van der Waals surface area contributed by atoms with E-state index in [2.05, 4.69) is 0 Å². The predicted molar refractivity (Wildman–Crippen MR) is 123 cm³/mol. The number of carbonyl (C=O) groups is 2. The van der Waals surface area contributed by atoms with E-state index in [4.69, 9.17) is 14.2 Å². The van der Waals surface area contributed by atoms with Gasteiger partial charge in [0.05, 0.1) is 17.2 Å². The minimum atomic E-state index is -1.24. The van der Waals surface area contributed by atoms with Crippen LogP contribution in [0.15, 0.2) is 36.4 Å². The molecule has 0 spiro atoms. The number of aromatic hydroxyl groups is 2. The monoisotopic (exact) mass is 480 g/mol. The highest BCUT2D eigenvalue weighted by molar-refractivity contribution is 6.31. The third-order valence-corrected chi connectivity index (χ3v) is 6.69. The molecule has 5 atom stereocenters. The maximum absolute atomic E-state index is 13.2. The van der Waals surface area contributed by atoms with Gasteiger partial charge in [0.1, 0.15) is 35.6 Å². The molecule has 3 aromatic carbocycles. The van der Waals surface area contributed by atoms with Crippen LogP contribution < -0.4 is 4.74 Å². The van der Waals surface area contributed by atoms with E-state index in [0.29, 0.717) is 10.9 Å². The Morgan fingerprint density at radius 2 is 1.69 bits per heavy atom. The molecule has 1 aliphatic carbocycles. The summed E-state index contributed by atoms with van der Waals surface area (Å²) in [6, 6.07) is 8.99. The van der Waals surface area contributed by atoms with Gasteiger partial charge < -0.3 is 34.6 Å². The van der Waals surface area contributed by atoms with Crippen molar-refractivity contribution in [2.24, 2.45) is 0 Å². The van der Waals surface area contributed by atoms with Crippen LogP contribution in [0.4, 0.5) is 0 Å². The zero-order chi connectivity index (χ0) is 25.2. The molecule has 5 rings (SSSR count). The number of ether oxygens (including phenoxy) is 3. The standard InChI is InChI=1S/C26H24O9/c1-10-7-12-8-15-19(23(31)18-13(21(15)29)5-4-6-16(18)27)22(30)14(12)9-17(10)35-26-25(33-3)24(32)20(28)11(2)34-26/h4-9,11,20,24-28,30,32H,1-3H3/t11-,20-,24+,25+,26-/m0/s1. The van der Waals surface area contributed by atoms with Gasteiger partial charge in [-0.15, -0.1) is 0 Å². The Balaban J connectivity index is 1.61. The molecular weight excluding hydrogens is 456 g/mol. The van der Waals surface area contributed by atoms with Crippen LogP contribution in [0, 0.1) is 6.92 Å². The number of hydrogen-bond donors (Lipinski definition) is 4. The third kappa shape index (κ3) is 3.47. The van der Waals surface area contributed by atoms with Gasteiger partial charge in [0, 0.05) is 23.6 Å². The number of ketones is 2. The minimum Gasteiger partial charge on any atom is -0.507 e. The first-order chi connectivity index (χ1) is 16.6. The molecule has 9 heteroatoms. The summed E-state index contributed by atoms with van der Waals surface area (Å²) in [5.41, 5.74) is 0.418. The summed E-state index contributed by atoms with van der Waals surface area (Å²) in [6.07, 6.45) is -5.16. The van der Waals surface area contributed by atoms with Crippen LogP contribution in [-0.4, -0.2) is 69.8 Å². The van der Waals surface area contributed by atoms with Crippen molar-refractivity contribution >= 4 is 22.3 Å². The van der Waals surface area contributed by atoms with Crippen molar-refractivity contribution in [3.63, 3.8) is 0 Å². The number of hydrogen-bond acceptors (Lipinski definition) is 9. The van der Waals surface area contributed by atoms with Gasteiger partial charge in [0.25, 0.3) is 0 Å². The first-order valence-electron chi connectivity index (χ1n) is 11.1. The zero-order valence-corrected chi connectivity index (χ0v) is 19.2. The second kappa shape index (κ2) is 8.31. The molecule has 9 nitrogen and oxygen atoms in total. The van der Waals surface area contributed by atoms with E-state index in [1.807, 2.05) is 0 Å². The van der Waals surface area contributed by atoms with Gasteiger partial charge in [0.15, 0.2) is 5.78 Å². The van der Waals surface area contributed by atoms with E-state index in [1.165, 1.54) is 37.4 Å². The summed E-state index contributed by atoms with van der Waals surface area (Å²) < 4.78 is 17.0. The Labute approximate surface area is 200 Å². The van der Waals surface area contributed by atoms with E-state index in [9.17, 15) is 30.0 Å². The zero-order valence-electron chi connectivity index (χ0n) is 19.2. The highest BCUT2D eigenvalue weighted by Gasteiger charge is 2.44. The van der Waals surface area contributed by atoms with Crippen molar-refractivity contribution in [1.29, 1.82) is 0 Å². The average molecular weight is 480 g/mol. The third-order valence-electron chi connectivity index (χ3n) is 6.69. The lowest BCUT2D eigenvalue weighted by Crippen LogP contribution is -2.59. The predicted octanol–water partition coefficient (Wildman–Crippen LogP) is 2.20. The number of aliphatic hydroxyl groups is 2. The summed E-state index contributed by atoms with van der Waals surface area (Å²) in [5.74, 6) is -1.59. The molecular formula is C26H24O9. The molecule has 0 aromatic heterocycles. The van der Waals surface area contributed by atoms with Crippen molar-refractivity contribution in [2.75, 3.05) is 7.11 Å². The van der Waals surface area contributed by atoms with E-state index < -0.39 is 48.0 Å². The van der Waals surface area contributed by atoms with Gasteiger partial charge in [0.2, 0.25) is 12.1 Å². The van der Waals surface area contributed by atoms with Gasteiger partial charge in [-0.3, -0.25) is 9.59 Å². The molecule has 0 saturated carbocycles. The van der Waals surface area contributed by atoms with Crippen LogP contribution in [-0.2, 0) is 9.47 Å². The molecule has 0 unspecified atom stereocenters. The molecule has 0 bridgehead atoms. The number of methoxy groups -OCH3 is 1. The number of aliphatic hydroxyl groups excluding tert-OH is 2. The molecule has 0 radical (unpaired) electrons. The Morgan fingerprint density at radius 3 is 2.40 bits per heavy atom. The van der Waals surface area contributed by atoms with Crippen LogP contribution in [0.25, 0.3) is 10.8 Å². The number of carbonyl (C=O) groups excluding carboxylic acids is 2. The van der Waals surface area contributed by atoms with Crippen molar-refractivity contribution in [1.82, 2.24) is 0 Å². The SMILES string of the molecule is CO[C@H]1[C@H](Oc2cc3c(O)c4c(cc3cc2C)C(=O)c2cccc(O)c2C4=O)O[C@@H](C)[C@H](O)[C@H]1O.